The first-order valence-corrected chi connectivity index (χ1v) is 7.26. The van der Waals surface area contributed by atoms with Crippen LogP contribution in [0.5, 0.6) is 0 Å². The summed E-state index contributed by atoms with van der Waals surface area (Å²) in [4.78, 5) is 34.5. The second-order valence-electron chi connectivity index (χ2n) is 5.00. The van der Waals surface area contributed by atoms with Crippen LogP contribution in [0.25, 0.3) is 0 Å². The van der Waals surface area contributed by atoms with Gasteiger partial charge in [-0.2, -0.15) is 10.5 Å². The van der Waals surface area contributed by atoms with E-state index in [1.54, 1.807) is 13.8 Å². The van der Waals surface area contributed by atoms with Crippen LogP contribution in [0, 0.1) is 34.0 Å². The van der Waals surface area contributed by atoms with E-state index in [-0.39, 0.29) is 16.4 Å². The Bertz CT molecular complexity index is 627. The first-order chi connectivity index (χ1) is 10.3. The van der Waals surface area contributed by atoms with Gasteiger partial charge in [0.2, 0.25) is 11.8 Å². The predicted molar refractivity (Wildman–Crippen MR) is 78.7 cm³/mol. The molecule has 0 aromatic rings. The van der Waals surface area contributed by atoms with Crippen LogP contribution in [-0.2, 0) is 9.59 Å². The number of nitrogens with zero attached hydrogens (tertiary/aromatic N) is 2. The van der Waals surface area contributed by atoms with Crippen LogP contribution in [0.4, 0.5) is 4.79 Å². The van der Waals surface area contributed by atoms with Crippen molar-refractivity contribution in [1.82, 2.24) is 16.0 Å². The molecule has 1 heterocycles. The minimum atomic E-state index is -0.980. The highest BCUT2D eigenvalue weighted by atomic mass is 32.2. The average molecular weight is 321 g/mol. The van der Waals surface area contributed by atoms with Gasteiger partial charge in [0.1, 0.15) is 5.92 Å². The SMILES string of the molecule is CNC(=O)NC(=O)CSC1=C(C#N)C(C)(C)[C@H](C#N)C(=O)N1. The molecule has 0 unspecified atom stereocenters. The van der Waals surface area contributed by atoms with Crippen molar-refractivity contribution in [3.8, 4) is 12.1 Å². The highest BCUT2D eigenvalue weighted by Gasteiger charge is 2.44. The van der Waals surface area contributed by atoms with E-state index < -0.39 is 29.2 Å². The third-order valence-electron chi connectivity index (χ3n) is 3.16. The van der Waals surface area contributed by atoms with Gasteiger partial charge in [-0.3, -0.25) is 14.9 Å². The topological polar surface area (TPSA) is 135 Å². The number of imide groups is 1. The van der Waals surface area contributed by atoms with Crippen molar-refractivity contribution < 1.29 is 14.4 Å². The molecule has 1 aliphatic rings. The number of carbonyl (C=O) groups excluding carboxylic acids is 3. The second-order valence-corrected chi connectivity index (χ2v) is 5.99. The number of hydrogen-bond donors (Lipinski definition) is 3. The fourth-order valence-corrected chi connectivity index (χ4v) is 2.87. The maximum Gasteiger partial charge on any atom is 0.321 e. The largest absolute Gasteiger partial charge is 0.341 e. The molecule has 1 atom stereocenters. The minimum absolute atomic E-state index is 0.151. The molecule has 0 aromatic heterocycles. The summed E-state index contributed by atoms with van der Waals surface area (Å²) in [5, 5.41) is 25.4. The van der Waals surface area contributed by atoms with Crippen molar-refractivity contribution in [2.45, 2.75) is 13.8 Å². The zero-order valence-corrected chi connectivity index (χ0v) is 13.1. The number of hydrogen-bond acceptors (Lipinski definition) is 6. The number of thioether (sulfide) groups is 1. The molecule has 9 heteroatoms. The van der Waals surface area contributed by atoms with Gasteiger partial charge >= 0.3 is 6.03 Å². The monoisotopic (exact) mass is 321 g/mol. The van der Waals surface area contributed by atoms with Crippen LogP contribution in [0.1, 0.15) is 13.8 Å². The summed E-state index contributed by atoms with van der Waals surface area (Å²) >= 11 is 0.933. The summed E-state index contributed by atoms with van der Waals surface area (Å²) in [6.07, 6.45) is 0. The zero-order valence-electron chi connectivity index (χ0n) is 12.3. The molecule has 1 aliphatic heterocycles. The van der Waals surface area contributed by atoms with Gasteiger partial charge in [0.15, 0.2) is 0 Å². The summed E-state index contributed by atoms with van der Waals surface area (Å²) in [5.74, 6) is -2.21. The Morgan fingerprint density at radius 1 is 1.41 bits per heavy atom. The fourth-order valence-electron chi connectivity index (χ4n) is 1.90. The molecule has 4 amide bonds. The highest BCUT2D eigenvalue weighted by Crippen LogP contribution is 2.41. The van der Waals surface area contributed by atoms with Crippen LogP contribution in [0.15, 0.2) is 10.6 Å². The Labute approximate surface area is 131 Å². The maximum atomic E-state index is 11.9. The molecule has 1 rings (SSSR count). The minimum Gasteiger partial charge on any atom is -0.341 e. The van der Waals surface area contributed by atoms with Gasteiger partial charge < -0.3 is 10.6 Å². The molecule has 0 aliphatic carbocycles. The van der Waals surface area contributed by atoms with Gasteiger partial charge in [0.25, 0.3) is 0 Å². The van der Waals surface area contributed by atoms with Gasteiger partial charge in [-0.1, -0.05) is 25.6 Å². The third kappa shape index (κ3) is 3.57. The molecule has 22 heavy (non-hydrogen) atoms. The Morgan fingerprint density at radius 3 is 2.55 bits per heavy atom. The van der Waals surface area contributed by atoms with E-state index in [4.69, 9.17) is 5.26 Å². The van der Waals surface area contributed by atoms with Gasteiger partial charge in [-0.15, -0.1) is 0 Å². The molecule has 0 saturated carbocycles. The van der Waals surface area contributed by atoms with E-state index in [2.05, 4.69) is 16.0 Å². The first-order valence-electron chi connectivity index (χ1n) is 6.27. The molecule has 0 bridgehead atoms. The van der Waals surface area contributed by atoms with E-state index in [0.29, 0.717) is 0 Å². The van der Waals surface area contributed by atoms with Crippen molar-refractivity contribution >= 4 is 29.6 Å². The summed E-state index contributed by atoms with van der Waals surface area (Å²) in [7, 11) is 1.37. The molecular weight excluding hydrogens is 306 g/mol. The van der Waals surface area contributed by atoms with E-state index in [1.165, 1.54) is 7.05 Å². The molecule has 0 fully saturated rings. The normalized spacial score (nSPS) is 19.5. The van der Waals surface area contributed by atoms with E-state index in [9.17, 15) is 19.6 Å². The summed E-state index contributed by atoms with van der Waals surface area (Å²) in [5.41, 5.74) is -0.720. The van der Waals surface area contributed by atoms with Crippen LogP contribution >= 0.6 is 11.8 Å². The third-order valence-corrected chi connectivity index (χ3v) is 4.16. The van der Waals surface area contributed by atoms with E-state index in [1.807, 2.05) is 12.1 Å². The molecule has 116 valence electrons. The van der Waals surface area contributed by atoms with Gasteiger partial charge in [-0.25, -0.2) is 4.79 Å². The predicted octanol–water partition coefficient (Wildman–Crippen LogP) is 0.206. The fraction of sp³-hybridized carbons (Fsp3) is 0.462. The van der Waals surface area contributed by atoms with Crippen molar-refractivity contribution in [3.63, 3.8) is 0 Å². The number of allylic oxidation sites excluding steroid dienone is 1. The lowest BCUT2D eigenvalue weighted by molar-refractivity contribution is -0.125. The Morgan fingerprint density at radius 2 is 2.05 bits per heavy atom. The molecule has 0 aromatic carbocycles. The zero-order chi connectivity index (χ0) is 16.9. The molecule has 0 radical (unpaired) electrons. The Balaban J connectivity index is 2.93. The smallest absolute Gasteiger partial charge is 0.321 e. The number of carbonyl (C=O) groups is 3. The summed E-state index contributed by atoms with van der Waals surface area (Å²) in [6.45, 7) is 3.26. The lowest BCUT2D eigenvalue weighted by Crippen LogP contribution is -2.45. The number of nitriles is 2. The molecule has 3 N–H and O–H groups in total. The van der Waals surface area contributed by atoms with Crippen LogP contribution in [0.2, 0.25) is 0 Å². The van der Waals surface area contributed by atoms with Gasteiger partial charge in [-0.05, 0) is 0 Å². The van der Waals surface area contributed by atoms with Crippen LogP contribution in [0.3, 0.4) is 0 Å². The number of urea groups is 1. The quantitative estimate of drug-likeness (QED) is 0.680. The Hall–Kier alpha value is -2.52. The van der Waals surface area contributed by atoms with E-state index >= 15 is 0 Å². The number of amides is 4. The lowest BCUT2D eigenvalue weighted by Gasteiger charge is -2.34. The summed E-state index contributed by atoms with van der Waals surface area (Å²) in [6, 6.07) is 3.23. The Kier molecular flexibility index (Phi) is 5.55. The number of nitrogens with one attached hydrogen (secondary N) is 3. The van der Waals surface area contributed by atoms with Crippen molar-refractivity contribution in [3.05, 3.63) is 10.6 Å². The van der Waals surface area contributed by atoms with Crippen molar-refractivity contribution in [2.24, 2.45) is 11.3 Å². The summed E-state index contributed by atoms with van der Waals surface area (Å²) < 4.78 is 0. The highest BCUT2D eigenvalue weighted by molar-refractivity contribution is 8.03. The van der Waals surface area contributed by atoms with Crippen molar-refractivity contribution in [2.75, 3.05) is 12.8 Å². The van der Waals surface area contributed by atoms with Crippen molar-refractivity contribution in [1.29, 1.82) is 10.5 Å². The van der Waals surface area contributed by atoms with Crippen LogP contribution in [-0.4, -0.2) is 30.6 Å². The molecule has 0 spiro atoms. The molecule has 8 nitrogen and oxygen atoms in total. The van der Waals surface area contributed by atoms with Gasteiger partial charge in [0, 0.05) is 12.5 Å². The maximum absolute atomic E-state index is 11.9. The van der Waals surface area contributed by atoms with Crippen LogP contribution < -0.4 is 16.0 Å². The average Bonchev–Trinajstić information content (AvgIpc) is 2.44. The lowest BCUT2D eigenvalue weighted by atomic mass is 9.72. The molecule has 0 saturated heterocycles. The van der Waals surface area contributed by atoms with E-state index in [0.717, 1.165) is 11.8 Å². The first kappa shape index (κ1) is 17.5. The number of rotatable bonds is 3. The molecular formula is C13H15N5O3S. The standard InChI is InChI=1S/C13H15N5O3S/c1-13(2)7(4-14)10(20)18-11(8(13)5-15)22-6-9(19)17-12(21)16-3/h7H,6H2,1-3H3,(H,18,20)(H2,16,17,19,21)/t7-/m1/s1. The second kappa shape index (κ2) is 6.96. The van der Waals surface area contributed by atoms with Gasteiger partial charge in [0.05, 0.1) is 28.5 Å².